The maximum Gasteiger partial charge on any atom is 0.110 e. The lowest BCUT2D eigenvalue weighted by Gasteiger charge is -1.84. The largest absolute Gasteiger partial charge is 0.262 e. The van der Waals surface area contributed by atoms with Gasteiger partial charge in [-0.25, -0.2) is 0 Å². The van der Waals surface area contributed by atoms with Crippen molar-refractivity contribution in [3.05, 3.63) is 11.7 Å². The molecular weight excluding hydrogens is 104 g/mol. The van der Waals surface area contributed by atoms with Crippen LogP contribution in [-0.2, 0) is 0 Å². The fraction of sp³-hybridized carbons (Fsp3) is 0.250. The predicted octanol–water partition coefficient (Wildman–Crippen LogP) is 0.674. The third kappa shape index (κ3) is 1.14. The third-order valence-corrected chi connectivity index (χ3v) is 1.13. The molecule has 0 aliphatic carbocycles. The zero-order valence-electron chi connectivity index (χ0n) is 3.89. The molecule has 1 atom stereocenters. The van der Waals surface area contributed by atoms with Crippen molar-refractivity contribution in [1.82, 2.24) is 0 Å². The zero-order chi connectivity index (χ0) is 5.28. The van der Waals surface area contributed by atoms with Crippen LogP contribution in [0.3, 0.4) is 0 Å². The maximum atomic E-state index is 5.36. The molecule has 1 unspecified atom stereocenters. The normalized spacial score (nSPS) is 19.0. The monoisotopic (exact) mass is 109 g/mol. The van der Waals surface area contributed by atoms with Crippen LogP contribution in [0, 0.1) is 0 Å². The van der Waals surface area contributed by atoms with Crippen molar-refractivity contribution in [3.63, 3.8) is 0 Å². The first-order chi connectivity index (χ1) is 3.29. The molecule has 0 fully saturated rings. The van der Waals surface area contributed by atoms with Crippen LogP contribution in [0.1, 0.15) is 6.42 Å². The molecule has 0 amide bonds. The van der Waals surface area contributed by atoms with Gasteiger partial charge in [-0.05, 0) is 0 Å². The zero-order valence-corrected chi connectivity index (χ0v) is 5.04. The highest BCUT2D eigenvalue weighted by Crippen LogP contribution is 2.10. The Morgan fingerprint density at radius 2 is 2.57 bits per heavy atom. The quantitative estimate of drug-likeness (QED) is 0.320. The van der Waals surface area contributed by atoms with E-state index in [2.05, 4.69) is 14.2 Å². The first kappa shape index (κ1) is 5.05. The number of nitrogens with zero attached hydrogens (tertiary/aromatic N) is 1. The topological polar surface area (TPSA) is 12.4 Å². The molecule has 1 nitrogen and oxygen atoms in total. The highest BCUT2D eigenvalue weighted by molar-refractivity contribution is 7.40. The van der Waals surface area contributed by atoms with Crippen LogP contribution in [0.4, 0.5) is 0 Å². The van der Waals surface area contributed by atoms with Gasteiger partial charge in [-0.2, -0.15) is 0 Å². The maximum absolute atomic E-state index is 5.36. The van der Waals surface area contributed by atoms with Gasteiger partial charge in [0.25, 0.3) is 0 Å². The summed E-state index contributed by atoms with van der Waals surface area (Å²) in [6.07, 6.45) is 2.51. The lowest BCUT2D eigenvalue weighted by Crippen LogP contribution is -1.80. The van der Waals surface area contributed by atoms with Crippen molar-refractivity contribution in [2.75, 3.05) is 0 Å². The minimum absolute atomic E-state index is 0.824. The molecule has 1 aliphatic heterocycles. The summed E-state index contributed by atoms with van der Waals surface area (Å²) >= 11 is 0. The Bertz CT molecular complexity index is 123. The highest BCUT2D eigenvalue weighted by Gasteiger charge is 1.97. The fourth-order valence-corrected chi connectivity index (χ4v) is 0.776. The molecular formula is C4H5BNP. The number of hydrogen-bond acceptors (Lipinski definition) is 1. The van der Waals surface area contributed by atoms with E-state index in [-0.39, 0.29) is 0 Å². The van der Waals surface area contributed by atoms with Gasteiger partial charge < -0.3 is 0 Å². The second-order valence-corrected chi connectivity index (χ2v) is 2.17. The molecule has 0 saturated carbocycles. The standard InChI is InChI=1S/C4H5BNP/c5-3-1-4(7)6-2-3/h2H,1,7H2. The van der Waals surface area contributed by atoms with E-state index in [0.717, 1.165) is 17.3 Å². The van der Waals surface area contributed by atoms with Gasteiger partial charge in [0, 0.05) is 18.1 Å². The van der Waals surface area contributed by atoms with Crippen LogP contribution in [0.2, 0.25) is 0 Å². The number of aliphatic imine (C=N–C) groups is 1. The van der Waals surface area contributed by atoms with Gasteiger partial charge in [-0.3, -0.25) is 4.99 Å². The van der Waals surface area contributed by atoms with Crippen molar-refractivity contribution >= 4 is 22.5 Å². The fourth-order valence-electron chi connectivity index (χ4n) is 0.466. The summed E-state index contributed by atoms with van der Waals surface area (Å²) in [5.41, 5.74) is 1.88. The smallest absolute Gasteiger partial charge is 0.110 e. The molecule has 0 saturated heterocycles. The average molecular weight is 109 g/mol. The van der Waals surface area contributed by atoms with Gasteiger partial charge >= 0.3 is 0 Å². The Balaban J connectivity index is 2.61. The Morgan fingerprint density at radius 3 is 2.71 bits per heavy atom. The van der Waals surface area contributed by atoms with Crippen molar-refractivity contribution in [3.8, 4) is 0 Å². The summed E-state index contributed by atoms with van der Waals surface area (Å²) < 4.78 is 0. The Labute approximate surface area is 46.5 Å². The number of rotatable bonds is 0. The highest BCUT2D eigenvalue weighted by atomic mass is 31.0. The Morgan fingerprint density at radius 1 is 1.86 bits per heavy atom. The summed E-state index contributed by atoms with van der Waals surface area (Å²) in [4.78, 5) is 3.91. The molecule has 0 N–H and O–H groups in total. The Kier molecular flexibility index (Phi) is 1.29. The summed E-state index contributed by atoms with van der Waals surface area (Å²) in [6, 6.07) is 0. The van der Waals surface area contributed by atoms with Crippen molar-refractivity contribution in [2.24, 2.45) is 4.99 Å². The van der Waals surface area contributed by atoms with Crippen LogP contribution in [0.5, 0.6) is 0 Å². The van der Waals surface area contributed by atoms with Crippen molar-refractivity contribution in [1.29, 1.82) is 0 Å². The van der Waals surface area contributed by atoms with Gasteiger partial charge in [-0.1, -0.05) is 14.7 Å². The first-order valence-electron chi connectivity index (χ1n) is 2.05. The van der Waals surface area contributed by atoms with Crippen molar-refractivity contribution in [2.45, 2.75) is 6.42 Å². The van der Waals surface area contributed by atoms with E-state index in [0.29, 0.717) is 0 Å². The molecule has 1 rings (SSSR count). The second-order valence-electron chi connectivity index (χ2n) is 1.50. The molecule has 1 aliphatic rings. The SMILES string of the molecule is [B]C1=CN=C(P)C1. The summed E-state index contributed by atoms with van der Waals surface area (Å²) in [6.45, 7) is 0. The molecule has 7 heavy (non-hydrogen) atoms. The van der Waals surface area contributed by atoms with Gasteiger partial charge in [0.2, 0.25) is 0 Å². The lowest BCUT2D eigenvalue weighted by molar-refractivity contribution is 1.53. The van der Waals surface area contributed by atoms with Crippen LogP contribution >= 0.6 is 9.24 Å². The van der Waals surface area contributed by atoms with E-state index in [1.807, 2.05) is 0 Å². The Hall–Kier alpha value is -0.0951. The predicted molar refractivity (Wildman–Crippen MR) is 35.6 cm³/mol. The summed E-state index contributed by atoms with van der Waals surface area (Å²) in [5.74, 6) is 0. The van der Waals surface area contributed by atoms with E-state index in [9.17, 15) is 0 Å². The van der Waals surface area contributed by atoms with E-state index in [4.69, 9.17) is 7.85 Å². The van der Waals surface area contributed by atoms with E-state index < -0.39 is 0 Å². The van der Waals surface area contributed by atoms with E-state index in [1.165, 1.54) is 0 Å². The van der Waals surface area contributed by atoms with Crippen LogP contribution in [0.15, 0.2) is 16.7 Å². The summed E-state index contributed by atoms with van der Waals surface area (Å²) in [7, 11) is 7.87. The molecule has 0 spiro atoms. The van der Waals surface area contributed by atoms with Gasteiger partial charge in [0.05, 0.1) is 0 Å². The molecule has 3 heteroatoms. The van der Waals surface area contributed by atoms with Crippen molar-refractivity contribution < 1.29 is 0 Å². The van der Waals surface area contributed by atoms with Gasteiger partial charge in [0.15, 0.2) is 0 Å². The lowest BCUT2D eigenvalue weighted by atomic mass is 9.96. The molecule has 0 bridgehead atoms. The van der Waals surface area contributed by atoms with Crippen LogP contribution in [-0.4, -0.2) is 13.3 Å². The van der Waals surface area contributed by atoms with Crippen LogP contribution < -0.4 is 0 Å². The number of allylic oxidation sites excluding steroid dienone is 1. The minimum Gasteiger partial charge on any atom is -0.262 e. The van der Waals surface area contributed by atoms with E-state index >= 15 is 0 Å². The van der Waals surface area contributed by atoms with Gasteiger partial charge in [0.1, 0.15) is 7.85 Å². The molecule has 2 radical (unpaired) electrons. The van der Waals surface area contributed by atoms with Gasteiger partial charge in [-0.15, -0.1) is 0 Å². The average Bonchev–Trinajstić information content (AvgIpc) is 1.87. The molecule has 0 aromatic carbocycles. The molecule has 34 valence electrons. The number of hydrogen-bond donors (Lipinski definition) is 0. The van der Waals surface area contributed by atoms with Crippen LogP contribution in [0.25, 0.3) is 0 Å². The second kappa shape index (κ2) is 1.79. The summed E-state index contributed by atoms with van der Waals surface area (Å²) in [5, 5.41) is 0. The van der Waals surface area contributed by atoms with E-state index in [1.54, 1.807) is 6.20 Å². The molecule has 1 heterocycles. The molecule has 0 aromatic heterocycles. The molecule has 0 aromatic rings. The minimum atomic E-state index is 0.824. The first-order valence-corrected chi connectivity index (χ1v) is 2.63. The third-order valence-electron chi connectivity index (χ3n) is 0.781.